The van der Waals surface area contributed by atoms with Crippen LogP contribution in [0.15, 0.2) is 0 Å². The number of methoxy groups -OCH3 is 1. The third-order valence-electron chi connectivity index (χ3n) is 2.34. The summed E-state index contributed by atoms with van der Waals surface area (Å²) in [6.45, 7) is 5.40. The Bertz CT molecular complexity index is 643. The molecule has 0 aliphatic rings. The molecule has 1 rings (SSSR count). The smallest absolute Gasteiger partial charge is 0.242 e. The summed E-state index contributed by atoms with van der Waals surface area (Å²) in [4.78, 5) is 7.75. The minimum Gasteiger partial charge on any atom is -0.479 e. The molecule has 0 atom stereocenters. The molecule has 22 heavy (non-hydrogen) atoms. The summed E-state index contributed by atoms with van der Waals surface area (Å²) in [6.07, 6.45) is 0.986. The first-order valence-corrected chi connectivity index (χ1v) is 8.48. The SMILES string of the molecule is COc1nc(Cl)nc(C=N)c1NCCS(=O)(=O)NC(C)(C)C. The van der Waals surface area contributed by atoms with Crippen LogP contribution in [0.25, 0.3) is 0 Å². The van der Waals surface area contributed by atoms with Crippen LogP contribution < -0.4 is 14.8 Å². The van der Waals surface area contributed by atoms with Crippen LogP contribution in [0.4, 0.5) is 5.69 Å². The van der Waals surface area contributed by atoms with E-state index in [4.69, 9.17) is 21.7 Å². The first kappa shape index (κ1) is 18.6. The predicted molar refractivity (Wildman–Crippen MR) is 86.6 cm³/mol. The van der Waals surface area contributed by atoms with Crippen molar-refractivity contribution < 1.29 is 13.2 Å². The van der Waals surface area contributed by atoms with Crippen molar-refractivity contribution in [2.45, 2.75) is 26.3 Å². The number of rotatable bonds is 7. The molecule has 0 saturated carbocycles. The molecule has 0 fully saturated rings. The molecule has 0 aromatic carbocycles. The molecular formula is C12H20ClN5O3S. The Labute approximate surface area is 135 Å². The molecule has 0 aliphatic carbocycles. The third-order valence-corrected chi connectivity index (χ3v) is 4.17. The molecule has 0 amide bonds. The lowest BCUT2D eigenvalue weighted by molar-refractivity contribution is 0.398. The summed E-state index contributed by atoms with van der Waals surface area (Å²) >= 11 is 5.72. The molecule has 1 aromatic rings. The Morgan fingerprint density at radius 3 is 2.50 bits per heavy atom. The first-order valence-electron chi connectivity index (χ1n) is 6.45. The van der Waals surface area contributed by atoms with E-state index in [1.54, 1.807) is 20.8 Å². The first-order chi connectivity index (χ1) is 10.1. The van der Waals surface area contributed by atoms with Crippen molar-refractivity contribution >= 4 is 33.5 Å². The average Bonchev–Trinajstić information content (AvgIpc) is 2.36. The fourth-order valence-electron chi connectivity index (χ4n) is 1.68. The second-order valence-electron chi connectivity index (χ2n) is 5.50. The van der Waals surface area contributed by atoms with E-state index in [9.17, 15) is 8.42 Å². The molecule has 0 saturated heterocycles. The zero-order valence-corrected chi connectivity index (χ0v) is 14.5. The molecule has 0 aliphatic heterocycles. The number of hydrogen-bond donors (Lipinski definition) is 3. The lowest BCUT2D eigenvalue weighted by Gasteiger charge is -2.20. The van der Waals surface area contributed by atoms with Crippen LogP contribution in [0.5, 0.6) is 5.88 Å². The maximum atomic E-state index is 11.9. The monoisotopic (exact) mass is 349 g/mol. The van der Waals surface area contributed by atoms with Gasteiger partial charge in [-0.3, -0.25) is 0 Å². The molecule has 0 bridgehead atoms. The Morgan fingerprint density at radius 1 is 1.36 bits per heavy atom. The quantitative estimate of drug-likeness (QED) is 0.504. The summed E-state index contributed by atoms with van der Waals surface area (Å²) in [5.41, 5.74) is 0.00547. The minimum atomic E-state index is -3.43. The van der Waals surface area contributed by atoms with E-state index in [2.05, 4.69) is 20.0 Å². The average molecular weight is 350 g/mol. The van der Waals surface area contributed by atoms with Gasteiger partial charge in [0.25, 0.3) is 0 Å². The van der Waals surface area contributed by atoms with Crippen LogP contribution in [0.3, 0.4) is 0 Å². The molecule has 1 aromatic heterocycles. The van der Waals surface area contributed by atoms with E-state index in [1.807, 2.05) is 0 Å². The van der Waals surface area contributed by atoms with Crippen LogP contribution in [-0.4, -0.2) is 49.5 Å². The maximum Gasteiger partial charge on any atom is 0.242 e. The number of nitrogens with zero attached hydrogens (tertiary/aromatic N) is 2. The summed E-state index contributed by atoms with van der Waals surface area (Å²) in [5, 5.41) is 10.2. The highest BCUT2D eigenvalue weighted by atomic mass is 35.5. The van der Waals surface area contributed by atoms with Crippen LogP contribution >= 0.6 is 11.6 Å². The lowest BCUT2D eigenvalue weighted by atomic mass is 10.1. The minimum absolute atomic E-state index is 0.0529. The predicted octanol–water partition coefficient (Wildman–Crippen LogP) is 1.27. The van der Waals surface area contributed by atoms with E-state index >= 15 is 0 Å². The zero-order chi connectivity index (χ0) is 17.0. The summed E-state index contributed by atoms with van der Waals surface area (Å²) in [7, 11) is -2.04. The molecule has 3 N–H and O–H groups in total. The van der Waals surface area contributed by atoms with Crippen molar-refractivity contribution in [3.8, 4) is 5.88 Å². The van der Waals surface area contributed by atoms with Gasteiger partial charge in [0.15, 0.2) is 0 Å². The van der Waals surface area contributed by atoms with E-state index in [0.29, 0.717) is 5.69 Å². The Morgan fingerprint density at radius 2 is 2.00 bits per heavy atom. The van der Waals surface area contributed by atoms with Crippen LogP contribution in [-0.2, 0) is 10.0 Å². The fourth-order valence-corrected chi connectivity index (χ4v) is 3.25. The third kappa shape index (κ3) is 5.74. The van der Waals surface area contributed by atoms with Crippen molar-refractivity contribution in [3.05, 3.63) is 11.0 Å². The number of anilines is 1. The number of halogens is 1. The van der Waals surface area contributed by atoms with Crippen molar-refractivity contribution in [2.75, 3.05) is 24.7 Å². The van der Waals surface area contributed by atoms with Gasteiger partial charge in [0.2, 0.25) is 21.2 Å². The van der Waals surface area contributed by atoms with Gasteiger partial charge >= 0.3 is 0 Å². The number of aromatic nitrogens is 2. The Balaban J connectivity index is 2.83. The molecule has 0 unspecified atom stereocenters. The molecular weight excluding hydrogens is 330 g/mol. The summed E-state index contributed by atoms with van der Waals surface area (Å²) in [5.74, 6) is 0.00713. The van der Waals surface area contributed by atoms with Crippen LogP contribution in [0.2, 0.25) is 5.28 Å². The number of hydrogen-bond acceptors (Lipinski definition) is 7. The Hall–Kier alpha value is -1.45. The van der Waals surface area contributed by atoms with Gasteiger partial charge in [0.05, 0.1) is 12.9 Å². The highest BCUT2D eigenvalue weighted by Gasteiger charge is 2.20. The van der Waals surface area contributed by atoms with Gasteiger partial charge in [-0.15, -0.1) is 0 Å². The van der Waals surface area contributed by atoms with E-state index in [1.165, 1.54) is 7.11 Å². The number of sulfonamides is 1. The molecule has 0 spiro atoms. The molecule has 8 nitrogen and oxygen atoms in total. The highest BCUT2D eigenvalue weighted by Crippen LogP contribution is 2.25. The van der Waals surface area contributed by atoms with Crippen LogP contribution in [0.1, 0.15) is 26.5 Å². The van der Waals surface area contributed by atoms with Crippen LogP contribution in [0, 0.1) is 5.41 Å². The zero-order valence-electron chi connectivity index (χ0n) is 12.9. The normalized spacial score (nSPS) is 12.0. The van der Waals surface area contributed by atoms with Gasteiger partial charge in [-0.05, 0) is 32.4 Å². The van der Waals surface area contributed by atoms with Gasteiger partial charge in [-0.2, -0.15) is 4.98 Å². The topological polar surface area (TPSA) is 117 Å². The van der Waals surface area contributed by atoms with Gasteiger partial charge in [-0.25, -0.2) is 18.1 Å². The van der Waals surface area contributed by atoms with Crippen molar-refractivity contribution in [3.63, 3.8) is 0 Å². The highest BCUT2D eigenvalue weighted by molar-refractivity contribution is 7.89. The van der Waals surface area contributed by atoms with Gasteiger partial charge in [-0.1, -0.05) is 0 Å². The molecule has 1 heterocycles. The van der Waals surface area contributed by atoms with Crippen molar-refractivity contribution in [2.24, 2.45) is 0 Å². The largest absolute Gasteiger partial charge is 0.479 e. The summed E-state index contributed by atoms with van der Waals surface area (Å²) < 4.78 is 31.5. The maximum absolute atomic E-state index is 11.9. The molecule has 10 heteroatoms. The fraction of sp³-hybridized carbons (Fsp3) is 0.583. The number of nitrogens with one attached hydrogen (secondary N) is 3. The molecule has 0 radical (unpaired) electrons. The van der Waals surface area contributed by atoms with E-state index < -0.39 is 15.6 Å². The van der Waals surface area contributed by atoms with E-state index in [-0.39, 0.29) is 29.2 Å². The van der Waals surface area contributed by atoms with Crippen molar-refractivity contribution in [1.29, 1.82) is 5.41 Å². The standard InChI is InChI=1S/C12H20ClN5O3S/c1-12(2,3)18-22(19,20)6-5-15-9-8(7-14)16-11(13)17-10(9)21-4/h7,14-15,18H,5-6H2,1-4H3. The Kier molecular flexibility index (Phi) is 6.09. The van der Waals surface area contributed by atoms with Crippen molar-refractivity contribution in [1.82, 2.24) is 14.7 Å². The lowest BCUT2D eigenvalue weighted by Crippen LogP contribution is -2.42. The molecule has 124 valence electrons. The second-order valence-corrected chi connectivity index (χ2v) is 7.68. The summed E-state index contributed by atoms with van der Waals surface area (Å²) in [6, 6.07) is 0. The number of ether oxygens (including phenoxy) is 1. The van der Waals surface area contributed by atoms with Gasteiger partial charge < -0.3 is 15.5 Å². The van der Waals surface area contributed by atoms with E-state index in [0.717, 1.165) is 6.21 Å². The second kappa shape index (κ2) is 7.21. The van der Waals surface area contributed by atoms with Gasteiger partial charge in [0, 0.05) is 18.3 Å². The van der Waals surface area contributed by atoms with Gasteiger partial charge in [0.1, 0.15) is 11.4 Å².